The van der Waals surface area contributed by atoms with Crippen molar-refractivity contribution < 1.29 is 4.79 Å². The second-order valence-corrected chi connectivity index (χ2v) is 3.77. The molecule has 1 aromatic rings. The van der Waals surface area contributed by atoms with Crippen molar-refractivity contribution in [2.75, 3.05) is 0 Å². The highest BCUT2D eigenvalue weighted by Gasteiger charge is 2.15. The number of carbonyl (C=O) groups excluding carboxylic acids is 1. The summed E-state index contributed by atoms with van der Waals surface area (Å²) < 4.78 is 0. The molecule has 68 valence electrons. The third-order valence-electron chi connectivity index (χ3n) is 2.61. The van der Waals surface area contributed by atoms with Crippen molar-refractivity contribution in [1.82, 2.24) is 0 Å². The second-order valence-electron chi connectivity index (χ2n) is 3.42. The molecule has 0 N–H and O–H groups in total. The standard InChI is InChI=1S/C11H11ClO/c12-11(13)10-7-3-5-8-4-1-2-6-9(8)10/h3,5,7H,1-2,4,6H2. The van der Waals surface area contributed by atoms with Gasteiger partial charge in [0.25, 0.3) is 5.24 Å². The van der Waals surface area contributed by atoms with E-state index in [0.717, 1.165) is 12.8 Å². The maximum absolute atomic E-state index is 11.1. The number of carbonyl (C=O) groups is 1. The zero-order valence-electron chi connectivity index (χ0n) is 7.35. The SMILES string of the molecule is O=C(Cl)c1cccc2c1CCCC2. The minimum Gasteiger partial charge on any atom is -0.276 e. The maximum Gasteiger partial charge on any atom is 0.252 e. The highest BCUT2D eigenvalue weighted by molar-refractivity contribution is 6.67. The van der Waals surface area contributed by atoms with Crippen LogP contribution in [-0.2, 0) is 12.8 Å². The molecule has 1 aromatic carbocycles. The summed E-state index contributed by atoms with van der Waals surface area (Å²) in [6.07, 6.45) is 4.50. The number of hydrogen-bond donors (Lipinski definition) is 0. The Bertz CT molecular complexity index is 344. The highest BCUT2D eigenvalue weighted by Crippen LogP contribution is 2.25. The minimum atomic E-state index is -0.321. The first kappa shape index (κ1) is 8.76. The third-order valence-corrected chi connectivity index (χ3v) is 2.81. The van der Waals surface area contributed by atoms with Gasteiger partial charge in [-0.1, -0.05) is 12.1 Å². The van der Waals surface area contributed by atoms with Gasteiger partial charge in [0.05, 0.1) is 0 Å². The van der Waals surface area contributed by atoms with Crippen LogP contribution in [-0.4, -0.2) is 5.24 Å². The van der Waals surface area contributed by atoms with Gasteiger partial charge in [0.1, 0.15) is 0 Å². The van der Waals surface area contributed by atoms with Crippen molar-refractivity contribution >= 4 is 16.8 Å². The van der Waals surface area contributed by atoms with Gasteiger partial charge >= 0.3 is 0 Å². The molecule has 13 heavy (non-hydrogen) atoms. The van der Waals surface area contributed by atoms with Gasteiger partial charge < -0.3 is 0 Å². The number of aryl methyl sites for hydroxylation is 1. The maximum atomic E-state index is 11.1. The molecule has 2 heteroatoms. The molecule has 0 heterocycles. The zero-order valence-corrected chi connectivity index (χ0v) is 8.10. The average molecular weight is 195 g/mol. The van der Waals surface area contributed by atoms with Crippen molar-refractivity contribution in [3.8, 4) is 0 Å². The van der Waals surface area contributed by atoms with E-state index in [2.05, 4.69) is 6.07 Å². The van der Waals surface area contributed by atoms with E-state index in [0.29, 0.717) is 5.56 Å². The third kappa shape index (κ3) is 1.61. The van der Waals surface area contributed by atoms with Crippen LogP contribution in [0.2, 0.25) is 0 Å². The van der Waals surface area contributed by atoms with Crippen molar-refractivity contribution in [3.05, 3.63) is 34.9 Å². The molecule has 0 aromatic heterocycles. The largest absolute Gasteiger partial charge is 0.276 e. The van der Waals surface area contributed by atoms with E-state index >= 15 is 0 Å². The highest BCUT2D eigenvalue weighted by atomic mass is 35.5. The summed E-state index contributed by atoms with van der Waals surface area (Å²) in [5.74, 6) is 0. The molecule has 1 aliphatic rings. The van der Waals surface area contributed by atoms with Crippen molar-refractivity contribution in [2.24, 2.45) is 0 Å². The molecular weight excluding hydrogens is 184 g/mol. The summed E-state index contributed by atoms with van der Waals surface area (Å²) in [6, 6.07) is 5.83. The van der Waals surface area contributed by atoms with Gasteiger partial charge in [-0.3, -0.25) is 4.79 Å². The van der Waals surface area contributed by atoms with Gasteiger partial charge in [-0.2, -0.15) is 0 Å². The summed E-state index contributed by atoms with van der Waals surface area (Å²) in [7, 11) is 0. The van der Waals surface area contributed by atoms with E-state index < -0.39 is 0 Å². The molecule has 0 amide bonds. The molecule has 2 rings (SSSR count). The molecular formula is C11H11ClO. The quantitative estimate of drug-likeness (QED) is 0.629. The Morgan fingerprint density at radius 1 is 1.23 bits per heavy atom. The molecule has 0 bridgehead atoms. The molecule has 1 nitrogen and oxygen atoms in total. The molecule has 0 saturated carbocycles. The van der Waals surface area contributed by atoms with Crippen LogP contribution >= 0.6 is 11.6 Å². The Labute approximate surface area is 82.7 Å². The van der Waals surface area contributed by atoms with Gasteiger partial charge in [0.15, 0.2) is 0 Å². The molecule has 0 saturated heterocycles. The average Bonchev–Trinajstić information content (AvgIpc) is 2.17. The molecule has 0 spiro atoms. The fraction of sp³-hybridized carbons (Fsp3) is 0.364. The Morgan fingerprint density at radius 3 is 2.77 bits per heavy atom. The van der Waals surface area contributed by atoms with Gasteiger partial charge in [0, 0.05) is 5.56 Å². The first-order valence-corrected chi connectivity index (χ1v) is 4.97. The van der Waals surface area contributed by atoms with Gasteiger partial charge in [0.2, 0.25) is 0 Å². The Balaban J connectivity index is 2.52. The van der Waals surface area contributed by atoms with Crippen LogP contribution in [0.3, 0.4) is 0 Å². The number of benzene rings is 1. The lowest BCUT2D eigenvalue weighted by molar-refractivity contribution is 0.108. The van der Waals surface area contributed by atoms with Crippen LogP contribution < -0.4 is 0 Å². The minimum absolute atomic E-state index is 0.321. The predicted octanol–water partition coefficient (Wildman–Crippen LogP) is 2.94. The Hall–Kier alpha value is -0.820. The lowest BCUT2D eigenvalue weighted by atomic mass is 9.89. The molecule has 0 fully saturated rings. The summed E-state index contributed by atoms with van der Waals surface area (Å²) in [4.78, 5) is 11.1. The van der Waals surface area contributed by atoms with E-state index in [1.54, 1.807) is 0 Å². The van der Waals surface area contributed by atoms with Crippen LogP contribution in [0.5, 0.6) is 0 Å². The van der Waals surface area contributed by atoms with Gasteiger partial charge in [-0.25, -0.2) is 0 Å². The number of hydrogen-bond acceptors (Lipinski definition) is 1. The van der Waals surface area contributed by atoms with Crippen molar-refractivity contribution in [2.45, 2.75) is 25.7 Å². The van der Waals surface area contributed by atoms with Crippen molar-refractivity contribution in [3.63, 3.8) is 0 Å². The van der Waals surface area contributed by atoms with Gasteiger partial charge in [-0.15, -0.1) is 0 Å². The number of halogens is 1. The second kappa shape index (κ2) is 3.51. The van der Waals surface area contributed by atoms with Crippen LogP contribution in [0.25, 0.3) is 0 Å². The zero-order chi connectivity index (χ0) is 9.26. The van der Waals surface area contributed by atoms with Crippen LogP contribution in [0.4, 0.5) is 0 Å². The monoisotopic (exact) mass is 194 g/mol. The molecule has 0 aliphatic heterocycles. The Morgan fingerprint density at radius 2 is 2.00 bits per heavy atom. The summed E-state index contributed by atoms with van der Waals surface area (Å²) in [5.41, 5.74) is 3.19. The summed E-state index contributed by atoms with van der Waals surface area (Å²) in [6.45, 7) is 0. The van der Waals surface area contributed by atoms with E-state index in [1.807, 2.05) is 12.1 Å². The lowest BCUT2D eigenvalue weighted by Crippen LogP contribution is -2.07. The summed E-state index contributed by atoms with van der Waals surface area (Å²) >= 11 is 5.50. The molecule has 1 aliphatic carbocycles. The fourth-order valence-corrected chi connectivity index (χ4v) is 2.14. The molecule has 0 atom stereocenters. The predicted molar refractivity (Wildman–Crippen MR) is 53.3 cm³/mol. The van der Waals surface area contributed by atoms with E-state index in [-0.39, 0.29) is 5.24 Å². The van der Waals surface area contributed by atoms with Gasteiger partial charge in [-0.05, 0) is 54.5 Å². The molecule has 0 unspecified atom stereocenters. The smallest absolute Gasteiger partial charge is 0.252 e. The summed E-state index contributed by atoms with van der Waals surface area (Å²) in [5, 5.41) is -0.321. The first-order chi connectivity index (χ1) is 6.29. The van der Waals surface area contributed by atoms with Crippen LogP contribution in [0.1, 0.15) is 34.3 Å². The number of rotatable bonds is 1. The number of fused-ring (bicyclic) bond motifs is 1. The topological polar surface area (TPSA) is 17.1 Å². The normalized spacial score (nSPS) is 15.2. The van der Waals surface area contributed by atoms with E-state index in [4.69, 9.17) is 11.6 Å². The fourth-order valence-electron chi connectivity index (χ4n) is 1.97. The molecule has 0 radical (unpaired) electrons. The lowest BCUT2D eigenvalue weighted by Gasteiger charge is -2.17. The van der Waals surface area contributed by atoms with E-state index in [1.165, 1.54) is 24.0 Å². The Kier molecular flexibility index (Phi) is 2.36. The van der Waals surface area contributed by atoms with E-state index in [9.17, 15) is 4.79 Å². The van der Waals surface area contributed by atoms with Crippen LogP contribution in [0, 0.1) is 0 Å². The first-order valence-electron chi connectivity index (χ1n) is 4.59. The van der Waals surface area contributed by atoms with Crippen molar-refractivity contribution in [1.29, 1.82) is 0 Å². The van der Waals surface area contributed by atoms with Crippen LogP contribution in [0.15, 0.2) is 18.2 Å².